The highest BCUT2D eigenvalue weighted by atomic mass is 16.5. The van der Waals surface area contributed by atoms with Crippen molar-refractivity contribution in [3.8, 4) is 5.75 Å². The summed E-state index contributed by atoms with van der Waals surface area (Å²) in [4.78, 5) is 22.9. The van der Waals surface area contributed by atoms with Crippen LogP contribution >= 0.6 is 0 Å². The summed E-state index contributed by atoms with van der Waals surface area (Å²) in [6.45, 7) is 6.88. The van der Waals surface area contributed by atoms with Crippen LogP contribution in [-0.4, -0.2) is 30.6 Å². The molecule has 23 heavy (non-hydrogen) atoms. The quantitative estimate of drug-likeness (QED) is 0.733. The van der Waals surface area contributed by atoms with E-state index in [2.05, 4.69) is 26.1 Å². The Morgan fingerprint density at radius 2 is 2.00 bits per heavy atom. The Morgan fingerprint density at radius 3 is 2.52 bits per heavy atom. The summed E-state index contributed by atoms with van der Waals surface area (Å²) in [6.07, 6.45) is 2.14. The minimum Gasteiger partial charge on any atom is -0.496 e. The van der Waals surface area contributed by atoms with Crippen LogP contribution in [0.15, 0.2) is 18.2 Å². The van der Waals surface area contributed by atoms with E-state index in [9.17, 15) is 9.59 Å². The SMILES string of the molecule is CCC(CC(=O)NCCc1ccc(C(=O)O)cc1OC)C(C)C. The lowest BCUT2D eigenvalue weighted by Crippen LogP contribution is -2.28. The van der Waals surface area contributed by atoms with E-state index >= 15 is 0 Å². The van der Waals surface area contributed by atoms with Crippen molar-refractivity contribution in [2.24, 2.45) is 11.8 Å². The minimum absolute atomic E-state index is 0.0617. The number of benzene rings is 1. The van der Waals surface area contributed by atoms with Crippen LogP contribution in [0.1, 0.15) is 49.5 Å². The molecule has 0 spiro atoms. The van der Waals surface area contributed by atoms with Gasteiger partial charge in [0.05, 0.1) is 12.7 Å². The molecule has 1 atom stereocenters. The van der Waals surface area contributed by atoms with Crippen molar-refractivity contribution in [2.45, 2.75) is 40.0 Å². The summed E-state index contributed by atoms with van der Waals surface area (Å²) in [7, 11) is 1.51. The van der Waals surface area contributed by atoms with Gasteiger partial charge < -0.3 is 15.2 Å². The zero-order chi connectivity index (χ0) is 17.4. The number of amides is 1. The van der Waals surface area contributed by atoms with E-state index in [4.69, 9.17) is 9.84 Å². The van der Waals surface area contributed by atoms with Gasteiger partial charge in [-0.15, -0.1) is 0 Å². The Morgan fingerprint density at radius 1 is 1.30 bits per heavy atom. The molecule has 0 aliphatic heterocycles. The molecule has 0 aliphatic rings. The molecule has 0 bridgehead atoms. The molecule has 1 aromatic carbocycles. The molecule has 0 saturated heterocycles. The van der Waals surface area contributed by atoms with Crippen LogP contribution < -0.4 is 10.1 Å². The molecule has 5 nitrogen and oxygen atoms in total. The monoisotopic (exact) mass is 321 g/mol. The first-order chi connectivity index (χ1) is 10.9. The molecule has 0 aliphatic carbocycles. The second-order valence-electron chi connectivity index (χ2n) is 6.05. The third kappa shape index (κ3) is 5.93. The lowest BCUT2D eigenvalue weighted by Gasteiger charge is -2.18. The zero-order valence-electron chi connectivity index (χ0n) is 14.4. The molecular formula is C18H27NO4. The number of carboxylic acids is 1. The molecule has 0 heterocycles. The van der Waals surface area contributed by atoms with Gasteiger partial charge in [0.1, 0.15) is 5.75 Å². The van der Waals surface area contributed by atoms with Gasteiger partial charge in [-0.3, -0.25) is 4.79 Å². The van der Waals surface area contributed by atoms with E-state index < -0.39 is 5.97 Å². The predicted molar refractivity (Wildman–Crippen MR) is 89.9 cm³/mol. The molecule has 0 aromatic heterocycles. The summed E-state index contributed by atoms with van der Waals surface area (Å²) < 4.78 is 5.23. The standard InChI is InChI=1S/C18H27NO4/c1-5-13(12(2)3)11-17(20)19-9-8-14-6-7-15(18(21)22)10-16(14)23-4/h6-7,10,12-13H,5,8-9,11H2,1-4H3,(H,19,20)(H,21,22). The van der Waals surface area contributed by atoms with Crippen LogP contribution in [0.3, 0.4) is 0 Å². The van der Waals surface area contributed by atoms with Crippen LogP contribution in [0, 0.1) is 11.8 Å². The Kier molecular flexibility index (Phi) is 7.59. The van der Waals surface area contributed by atoms with Crippen molar-refractivity contribution >= 4 is 11.9 Å². The van der Waals surface area contributed by atoms with Crippen LogP contribution in [-0.2, 0) is 11.2 Å². The molecule has 1 rings (SSSR count). The summed E-state index contributed by atoms with van der Waals surface area (Å²) in [5.74, 6) is 0.510. The summed E-state index contributed by atoms with van der Waals surface area (Å²) in [5, 5.41) is 11.9. The third-order valence-electron chi connectivity index (χ3n) is 4.17. The Bertz CT molecular complexity index is 540. The average Bonchev–Trinajstić information content (AvgIpc) is 2.52. The van der Waals surface area contributed by atoms with Gasteiger partial charge in [0.2, 0.25) is 5.91 Å². The van der Waals surface area contributed by atoms with Gasteiger partial charge in [-0.2, -0.15) is 0 Å². The second kappa shape index (κ2) is 9.18. The number of carboxylic acid groups (broad SMARTS) is 1. The lowest BCUT2D eigenvalue weighted by molar-refractivity contribution is -0.122. The number of nitrogens with one attached hydrogen (secondary N) is 1. The fraction of sp³-hybridized carbons (Fsp3) is 0.556. The highest BCUT2D eigenvalue weighted by molar-refractivity contribution is 5.88. The molecule has 128 valence electrons. The number of ether oxygens (including phenoxy) is 1. The predicted octanol–water partition coefficient (Wildman–Crippen LogP) is 3.12. The van der Waals surface area contributed by atoms with Crippen molar-refractivity contribution in [2.75, 3.05) is 13.7 Å². The number of methoxy groups -OCH3 is 1. The van der Waals surface area contributed by atoms with Crippen molar-refractivity contribution in [1.29, 1.82) is 0 Å². The Labute approximate surface area is 138 Å². The summed E-state index contributed by atoms with van der Waals surface area (Å²) in [6, 6.07) is 4.79. The maximum atomic E-state index is 12.0. The first-order valence-electron chi connectivity index (χ1n) is 8.05. The lowest BCUT2D eigenvalue weighted by atomic mass is 9.90. The molecule has 5 heteroatoms. The number of aromatic carboxylic acids is 1. The number of carbonyl (C=O) groups is 2. The molecule has 1 unspecified atom stereocenters. The van der Waals surface area contributed by atoms with Gasteiger partial charge in [0.25, 0.3) is 0 Å². The fourth-order valence-electron chi connectivity index (χ4n) is 2.58. The minimum atomic E-state index is -0.984. The van der Waals surface area contributed by atoms with E-state index in [0.29, 0.717) is 37.0 Å². The van der Waals surface area contributed by atoms with Crippen LogP contribution in [0.25, 0.3) is 0 Å². The molecule has 2 N–H and O–H groups in total. The number of hydrogen-bond donors (Lipinski definition) is 2. The van der Waals surface area contributed by atoms with Gasteiger partial charge in [0.15, 0.2) is 0 Å². The van der Waals surface area contributed by atoms with Crippen molar-refractivity contribution < 1.29 is 19.4 Å². The zero-order valence-corrected chi connectivity index (χ0v) is 14.4. The van der Waals surface area contributed by atoms with Crippen molar-refractivity contribution in [1.82, 2.24) is 5.32 Å². The molecule has 0 fully saturated rings. The van der Waals surface area contributed by atoms with Crippen LogP contribution in [0.4, 0.5) is 0 Å². The van der Waals surface area contributed by atoms with Crippen LogP contribution in [0.2, 0.25) is 0 Å². The Hall–Kier alpha value is -2.04. The van der Waals surface area contributed by atoms with Gasteiger partial charge in [0, 0.05) is 13.0 Å². The number of hydrogen-bond acceptors (Lipinski definition) is 3. The van der Waals surface area contributed by atoms with E-state index in [1.807, 2.05) is 0 Å². The van der Waals surface area contributed by atoms with E-state index in [0.717, 1.165) is 12.0 Å². The number of rotatable bonds is 9. The van der Waals surface area contributed by atoms with E-state index in [1.165, 1.54) is 13.2 Å². The molecule has 1 aromatic rings. The summed E-state index contributed by atoms with van der Waals surface area (Å²) in [5.41, 5.74) is 1.08. The van der Waals surface area contributed by atoms with Gasteiger partial charge in [-0.05, 0) is 36.0 Å². The van der Waals surface area contributed by atoms with Crippen LogP contribution in [0.5, 0.6) is 5.75 Å². The van der Waals surface area contributed by atoms with E-state index in [1.54, 1.807) is 12.1 Å². The first-order valence-corrected chi connectivity index (χ1v) is 8.05. The largest absolute Gasteiger partial charge is 0.496 e. The third-order valence-corrected chi connectivity index (χ3v) is 4.17. The van der Waals surface area contributed by atoms with Gasteiger partial charge >= 0.3 is 5.97 Å². The average molecular weight is 321 g/mol. The molecule has 0 saturated carbocycles. The molecular weight excluding hydrogens is 294 g/mol. The maximum absolute atomic E-state index is 12.0. The Balaban J connectivity index is 2.55. The maximum Gasteiger partial charge on any atom is 0.335 e. The highest BCUT2D eigenvalue weighted by Crippen LogP contribution is 2.21. The van der Waals surface area contributed by atoms with E-state index in [-0.39, 0.29) is 11.5 Å². The summed E-state index contributed by atoms with van der Waals surface area (Å²) >= 11 is 0. The number of carbonyl (C=O) groups excluding carboxylic acids is 1. The molecule has 1 amide bonds. The van der Waals surface area contributed by atoms with Gasteiger partial charge in [-0.25, -0.2) is 4.79 Å². The normalized spacial score (nSPS) is 12.0. The first kappa shape index (κ1) is 19.0. The fourth-order valence-corrected chi connectivity index (χ4v) is 2.58. The topological polar surface area (TPSA) is 75.6 Å². The second-order valence-corrected chi connectivity index (χ2v) is 6.05. The van der Waals surface area contributed by atoms with Crippen molar-refractivity contribution in [3.63, 3.8) is 0 Å². The smallest absolute Gasteiger partial charge is 0.335 e. The highest BCUT2D eigenvalue weighted by Gasteiger charge is 2.15. The molecule has 0 radical (unpaired) electrons. The van der Waals surface area contributed by atoms with Crippen molar-refractivity contribution in [3.05, 3.63) is 29.3 Å². The van der Waals surface area contributed by atoms with Gasteiger partial charge in [-0.1, -0.05) is 33.3 Å².